The van der Waals surface area contributed by atoms with Crippen molar-refractivity contribution in [1.82, 2.24) is 5.01 Å². The smallest absolute Gasteiger partial charge is 0.0628 e. The lowest BCUT2D eigenvalue weighted by molar-refractivity contribution is 0.348. The normalized spacial score (nSPS) is 10.5. The van der Waals surface area contributed by atoms with E-state index in [1.54, 1.807) is 0 Å². The number of nitrogens with one attached hydrogen (secondary N) is 2. The maximum Gasteiger partial charge on any atom is 0.0628 e. The van der Waals surface area contributed by atoms with E-state index in [2.05, 4.69) is 41.7 Å². The van der Waals surface area contributed by atoms with Crippen LogP contribution in [0.3, 0.4) is 0 Å². The summed E-state index contributed by atoms with van der Waals surface area (Å²) >= 11 is 0. The number of nitrogens with zero attached hydrogens (tertiary/aromatic N) is 1. The Bertz CT molecular complexity index is 284. The molecule has 90 valence electrons. The highest BCUT2D eigenvalue weighted by molar-refractivity contribution is 5.53. The van der Waals surface area contributed by atoms with E-state index in [-0.39, 0.29) is 0 Å². The number of hydrazine groups is 1. The molecular weight excluding hydrogens is 200 g/mol. The summed E-state index contributed by atoms with van der Waals surface area (Å²) in [4.78, 5) is 0. The van der Waals surface area contributed by atoms with E-state index in [1.807, 2.05) is 12.1 Å². The van der Waals surface area contributed by atoms with Gasteiger partial charge in [0, 0.05) is 24.5 Å². The van der Waals surface area contributed by atoms with Crippen LogP contribution < -0.4 is 16.5 Å². The van der Waals surface area contributed by atoms with E-state index >= 15 is 0 Å². The van der Waals surface area contributed by atoms with Gasteiger partial charge in [0.2, 0.25) is 0 Å². The molecular formula is C12H22N4. The molecule has 0 amide bonds. The Morgan fingerprint density at radius 1 is 1.12 bits per heavy atom. The van der Waals surface area contributed by atoms with Gasteiger partial charge < -0.3 is 16.5 Å². The van der Waals surface area contributed by atoms with Crippen LogP contribution in [-0.4, -0.2) is 24.8 Å². The second-order valence-corrected chi connectivity index (χ2v) is 3.65. The number of anilines is 2. The predicted molar refractivity (Wildman–Crippen MR) is 70.3 cm³/mol. The van der Waals surface area contributed by atoms with Crippen LogP contribution >= 0.6 is 0 Å². The first-order valence-corrected chi connectivity index (χ1v) is 5.85. The van der Waals surface area contributed by atoms with Crippen LogP contribution in [0.1, 0.15) is 20.3 Å². The van der Waals surface area contributed by atoms with Gasteiger partial charge in [-0.05, 0) is 30.7 Å². The first kappa shape index (κ1) is 12.8. The molecule has 0 unspecified atom stereocenters. The third-order valence-corrected chi connectivity index (χ3v) is 2.35. The fraction of sp³-hybridized carbons (Fsp3) is 0.500. The van der Waals surface area contributed by atoms with E-state index in [1.165, 1.54) is 0 Å². The first-order valence-electron chi connectivity index (χ1n) is 5.85. The third-order valence-electron chi connectivity index (χ3n) is 2.35. The van der Waals surface area contributed by atoms with Gasteiger partial charge in [0.25, 0.3) is 0 Å². The monoisotopic (exact) mass is 222 g/mol. The van der Waals surface area contributed by atoms with Crippen LogP contribution in [0.25, 0.3) is 0 Å². The molecule has 16 heavy (non-hydrogen) atoms. The van der Waals surface area contributed by atoms with Crippen LogP contribution in [0.5, 0.6) is 0 Å². The SMILES string of the molecule is CCCN(CC)Nc1ccc(NCN)cc1. The second kappa shape index (κ2) is 7.09. The van der Waals surface area contributed by atoms with E-state index in [0.717, 1.165) is 30.9 Å². The fourth-order valence-corrected chi connectivity index (χ4v) is 1.53. The lowest BCUT2D eigenvalue weighted by atomic mass is 10.3. The van der Waals surface area contributed by atoms with Gasteiger partial charge in [-0.2, -0.15) is 0 Å². The zero-order chi connectivity index (χ0) is 11.8. The van der Waals surface area contributed by atoms with Crippen LogP contribution in [0.4, 0.5) is 11.4 Å². The molecule has 1 rings (SSSR count). The van der Waals surface area contributed by atoms with Gasteiger partial charge in [0.05, 0.1) is 6.67 Å². The molecule has 0 bridgehead atoms. The molecule has 0 aromatic heterocycles. The van der Waals surface area contributed by atoms with Crippen LogP contribution in [0, 0.1) is 0 Å². The van der Waals surface area contributed by atoms with Crippen molar-refractivity contribution < 1.29 is 0 Å². The average Bonchev–Trinajstić information content (AvgIpc) is 2.31. The molecule has 0 spiro atoms. The molecule has 0 aliphatic carbocycles. The topological polar surface area (TPSA) is 53.3 Å². The van der Waals surface area contributed by atoms with Crippen molar-refractivity contribution in [2.24, 2.45) is 5.73 Å². The average molecular weight is 222 g/mol. The summed E-state index contributed by atoms with van der Waals surface area (Å²) in [6.45, 7) is 6.84. The Balaban J connectivity index is 2.53. The van der Waals surface area contributed by atoms with E-state index < -0.39 is 0 Å². The molecule has 4 N–H and O–H groups in total. The molecule has 1 aromatic rings. The van der Waals surface area contributed by atoms with Crippen molar-refractivity contribution in [2.75, 3.05) is 30.5 Å². The molecule has 0 fully saturated rings. The van der Waals surface area contributed by atoms with Crippen molar-refractivity contribution in [2.45, 2.75) is 20.3 Å². The standard InChI is InChI=1S/C12H22N4/c1-3-9-16(4-2)15-12-7-5-11(6-8-12)14-10-13/h5-8,14-15H,3-4,9-10,13H2,1-2H3. The number of hydrogen-bond acceptors (Lipinski definition) is 4. The van der Waals surface area contributed by atoms with Crippen molar-refractivity contribution >= 4 is 11.4 Å². The molecule has 0 heterocycles. The Kier molecular flexibility index (Phi) is 5.67. The molecule has 0 saturated carbocycles. The summed E-state index contributed by atoms with van der Waals surface area (Å²) in [6, 6.07) is 8.15. The third kappa shape index (κ3) is 4.08. The van der Waals surface area contributed by atoms with Crippen LogP contribution in [0.2, 0.25) is 0 Å². The first-order chi connectivity index (χ1) is 7.80. The molecule has 4 heteroatoms. The lowest BCUT2D eigenvalue weighted by Crippen LogP contribution is -2.30. The summed E-state index contributed by atoms with van der Waals surface area (Å²) in [5.41, 5.74) is 10.9. The summed E-state index contributed by atoms with van der Waals surface area (Å²) < 4.78 is 0. The highest BCUT2D eigenvalue weighted by atomic mass is 15.5. The molecule has 1 aromatic carbocycles. The summed E-state index contributed by atoms with van der Waals surface area (Å²) in [7, 11) is 0. The largest absolute Gasteiger partial charge is 0.373 e. The van der Waals surface area contributed by atoms with Gasteiger partial charge in [-0.3, -0.25) is 0 Å². The van der Waals surface area contributed by atoms with Crippen molar-refractivity contribution in [1.29, 1.82) is 0 Å². The summed E-state index contributed by atoms with van der Waals surface area (Å²) in [5.74, 6) is 0. The summed E-state index contributed by atoms with van der Waals surface area (Å²) in [5, 5.41) is 5.26. The zero-order valence-corrected chi connectivity index (χ0v) is 10.2. The minimum atomic E-state index is 0.462. The molecule has 4 nitrogen and oxygen atoms in total. The Morgan fingerprint density at radius 2 is 1.75 bits per heavy atom. The van der Waals surface area contributed by atoms with Crippen molar-refractivity contribution in [3.63, 3.8) is 0 Å². The molecule has 0 radical (unpaired) electrons. The molecule has 0 atom stereocenters. The molecule has 0 saturated heterocycles. The van der Waals surface area contributed by atoms with Crippen LogP contribution in [-0.2, 0) is 0 Å². The Morgan fingerprint density at radius 3 is 2.25 bits per heavy atom. The molecule has 0 aliphatic rings. The van der Waals surface area contributed by atoms with E-state index in [4.69, 9.17) is 5.73 Å². The predicted octanol–water partition coefficient (Wildman–Crippen LogP) is 2.07. The summed E-state index contributed by atoms with van der Waals surface area (Å²) in [6.07, 6.45) is 1.15. The second-order valence-electron chi connectivity index (χ2n) is 3.65. The highest BCUT2D eigenvalue weighted by Crippen LogP contribution is 2.13. The minimum absolute atomic E-state index is 0.462. The van der Waals surface area contributed by atoms with Crippen molar-refractivity contribution in [3.05, 3.63) is 24.3 Å². The van der Waals surface area contributed by atoms with Gasteiger partial charge in [0.1, 0.15) is 0 Å². The fourth-order valence-electron chi connectivity index (χ4n) is 1.53. The highest BCUT2D eigenvalue weighted by Gasteiger charge is 2.00. The molecule has 0 aliphatic heterocycles. The minimum Gasteiger partial charge on any atom is -0.373 e. The Labute approximate surface area is 97.8 Å². The van der Waals surface area contributed by atoms with Crippen LogP contribution in [0.15, 0.2) is 24.3 Å². The van der Waals surface area contributed by atoms with E-state index in [9.17, 15) is 0 Å². The number of nitrogens with two attached hydrogens (primary N) is 1. The van der Waals surface area contributed by atoms with Gasteiger partial charge in [0.15, 0.2) is 0 Å². The number of benzene rings is 1. The zero-order valence-electron chi connectivity index (χ0n) is 10.2. The van der Waals surface area contributed by atoms with E-state index in [0.29, 0.717) is 6.67 Å². The Hall–Kier alpha value is -1.26. The number of hydrogen-bond donors (Lipinski definition) is 3. The van der Waals surface area contributed by atoms with Gasteiger partial charge >= 0.3 is 0 Å². The van der Waals surface area contributed by atoms with Gasteiger partial charge in [-0.15, -0.1) is 0 Å². The quantitative estimate of drug-likeness (QED) is 0.488. The maximum atomic E-state index is 5.41. The number of rotatable bonds is 7. The van der Waals surface area contributed by atoms with Gasteiger partial charge in [-0.25, -0.2) is 5.01 Å². The van der Waals surface area contributed by atoms with Gasteiger partial charge in [-0.1, -0.05) is 13.8 Å². The van der Waals surface area contributed by atoms with Crippen molar-refractivity contribution in [3.8, 4) is 0 Å². The maximum absolute atomic E-state index is 5.41. The lowest BCUT2D eigenvalue weighted by Gasteiger charge is -2.22.